The van der Waals surface area contributed by atoms with E-state index in [1.807, 2.05) is 20.8 Å². The summed E-state index contributed by atoms with van der Waals surface area (Å²) in [5, 5.41) is 5.65. The normalized spacial score (nSPS) is 11.7. The van der Waals surface area contributed by atoms with Crippen LogP contribution in [0.2, 0.25) is 0 Å². The molecular formula is C21H26N2O3. The molecule has 5 nitrogen and oxygen atoms in total. The van der Waals surface area contributed by atoms with Gasteiger partial charge >= 0.3 is 0 Å². The van der Waals surface area contributed by atoms with Crippen LogP contribution in [0.5, 0.6) is 5.75 Å². The van der Waals surface area contributed by atoms with Crippen LogP contribution in [0.4, 0.5) is 11.4 Å². The van der Waals surface area contributed by atoms with Gasteiger partial charge in [0.1, 0.15) is 5.75 Å². The summed E-state index contributed by atoms with van der Waals surface area (Å²) < 4.78 is 5.71. The second-order valence-electron chi connectivity index (χ2n) is 6.54. The Morgan fingerprint density at radius 1 is 0.885 bits per heavy atom. The quantitative estimate of drug-likeness (QED) is 0.756. The number of nitrogens with one attached hydrogen (secondary N) is 2. The van der Waals surface area contributed by atoms with E-state index in [1.165, 1.54) is 0 Å². The van der Waals surface area contributed by atoms with E-state index in [2.05, 4.69) is 17.6 Å². The standard InChI is InChI=1S/C21H26N2O3/c1-5-15(4)26-19-12-6-16(7-13-19)21(25)23-18-10-8-17(9-11-18)22-20(24)14(2)3/h6-15H,5H2,1-4H3,(H,22,24)(H,23,25). The van der Waals surface area contributed by atoms with Crippen molar-refractivity contribution >= 4 is 23.2 Å². The Morgan fingerprint density at radius 2 is 1.42 bits per heavy atom. The monoisotopic (exact) mass is 354 g/mol. The third-order valence-corrected chi connectivity index (χ3v) is 3.96. The molecule has 0 aromatic heterocycles. The number of amides is 2. The molecule has 0 aliphatic heterocycles. The molecule has 2 amide bonds. The van der Waals surface area contributed by atoms with Gasteiger partial charge in [0.05, 0.1) is 6.10 Å². The number of carbonyl (C=O) groups is 2. The van der Waals surface area contributed by atoms with E-state index in [0.717, 1.165) is 12.2 Å². The van der Waals surface area contributed by atoms with Crippen molar-refractivity contribution in [2.45, 2.75) is 40.2 Å². The van der Waals surface area contributed by atoms with E-state index in [0.29, 0.717) is 16.9 Å². The van der Waals surface area contributed by atoms with Crippen LogP contribution in [0.1, 0.15) is 44.5 Å². The maximum absolute atomic E-state index is 12.3. The van der Waals surface area contributed by atoms with Crippen molar-refractivity contribution in [3.05, 3.63) is 54.1 Å². The molecule has 0 saturated carbocycles. The van der Waals surface area contributed by atoms with Gasteiger partial charge < -0.3 is 15.4 Å². The zero-order valence-electron chi connectivity index (χ0n) is 15.7. The molecule has 5 heteroatoms. The van der Waals surface area contributed by atoms with E-state index >= 15 is 0 Å². The Labute approximate surface area is 154 Å². The minimum Gasteiger partial charge on any atom is -0.491 e. The van der Waals surface area contributed by atoms with E-state index in [1.54, 1.807) is 48.5 Å². The Kier molecular flexibility index (Phi) is 6.78. The topological polar surface area (TPSA) is 67.4 Å². The summed E-state index contributed by atoms with van der Waals surface area (Å²) in [6.45, 7) is 7.74. The van der Waals surface area contributed by atoms with Crippen LogP contribution in [0.3, 0.4) is 0 Å². The lowest BCUT2D eigenvalue weighted by Crippen LogP contribution is -2.17. The molecule has 2 aromatic rings. The van der Waals surface area contributed by atoms with Crippen LogP contribution in [0.25, 0.3) is 0 Å². The van der Waals surface area contributed by atoms with E-state index < -0.39 is 0 Å². The van der Waals surface area contributed by atoms with Crippen molar-refractivity contribution < 1.29 is 14.3 Å². The molecular weight excluding hydrogens is 328 g/mol. The lowest BCUT2D eigenvalue weighted by molar-refractivity contribution is -0.118. The number of hydrogen-bond donors (Lipinski definition) is 2. The molecule has 2 rings (SSSR count). The van der Waals surface area contributed by atoms with Crippen LogP contribution in [-0.4, -0.2) is 17.9 Å². The lowest BCUT2D eigenvalue weighted by Gasteiger charge is -2.13. The lowest BCUT2D eigenvalue weighted by atomic mass is 10.2. The number of ether oxygens (including phenoxy) is 1. The molecule has 2 aromatic carbocycles. The van der Waals surface area contributed by atoms with Crippen LogP contribution in [-0.2, 0) is 4.79 Å². The van der Waals surface area contributed by atoms with Crippen molar-refractivity contribution in [2.24, 2.45) is 5.92 Å². The highest BCUT2D eigenvalue weighted by atomic mass is 16.5. The third kappa shape index (κ3) is 5.62. The number of hydrogen-bond acceptors (Lipinski definition) is 3. The first kappa shape index (κ1) is 19.5. The van der Waals surface area contributed by atoms with E-state index in [-0.39, 0.29) is 23.8 Å². The molecule has 2 N–H and O–H groups in total. The first-order valence-electron chi connectivity index (χ1n) is 8.88. The third-order valence-electron chi connectivity index (χ3n) is 3.96. The van der Waals surface area contributed by atoms with Crippen molar-refractivity contribution in [3.8, 4) is 5.75 Å². The summed E-state index contributed by atoms with van der Waals surface area (Å²) in [7, 11) is 0. The van der Waals surface area contributed by atoms with E-state index in [4.69, 9.17) is 4.74 Å². The molecule has 138 valence electrons. The number of benzene rings is 2. The summed E-state index contributed by atoms with van der Waals surface area (Å²) in [4.78, 5) is 24.0. The fourth-order valence-electron chi connectivity index (χ4n) is 2.13. The average molecular weight is 354 g/mol. The molecule has 0 bridgehead atoms. The Hall–Kier alpha value is -2.82. The molecule has 0 aliphatic rings. The summed E-state index contributed by atoms with van der Waals surface area (Å²) in [6, 6.07) is 14.1. The van der Waals surface area contributed by atoms with Crippen molar-refractivity contribution in [1.82, 2.24) is 0 Å². The largest absolute Gasteiger partial charge is 0.491 e. The van der Waals surface area contributed by atoms with Crippen LogP contribution < -0.4 is 15.4 Å². The number of rotatable bonds is 7. The average Bonchev–Trinajstić information content (AvgIpc) is 2.63. The summed E-state index contributed by atoms with van der Waals surface area (Å²) in [5.74, 6) is 0.434. The smallest absolute Gasteiger partial charge is 0.255 e. The molecule has 1 unspecified atom stereocenters. The maximum atomic E-state index is 12.3. The summed E-state index contributed by atoms with van der Waals surface area (Å²) in [5.41, 5.74) is 1.92. The van der Waals surface area contributed by atoms with Gasteiger partial charge in [0.2, 0.25) is 5.91 Å². The molecule has 0 saturated heterocycles. The van der Waals surface area contributed by atoms with Gasteiger partial charge in [0.15, 0.2) is 0 Å². The fourth-order valence-corrected chi connectivity index (χ4v) is 2.13. The van der Waals surface area contributed by atoms with Gasteiger partial charge in [-0.15, -0.1) is 0 Å². The van der Waals surface area contributed by atoms with Gasteiger partial charge in [-0.2, -0.15) is 0 Å². The van der Waals surface area contributed by atoms with E-state index in [9.17, 15) is 9.59 Å². The Morgan fingerprint density at radius 3 is 1.92 bits per heavy atom. The minimum absolute atomic E-state index is 0.0403. The van der Waals surface area contributed by atoms with Gasteiger partial charge in [-0.1, -0.05) is 20.8 Å². The van der Waals surface area contributed by atoms with Crippen molar-refractivity contribution in [3.63, 3.8) is 0 Å². The predicted octanol–water partition coefficient (Wildman–Crippen LogP) is 4.71. The first-order valence-corrected chi connectivity index (χ1v) is 8.88. The van der Waals surface area contributed by atoms with Crippen LogP contribution >= 0.6 is 0 Å². The zero-order chi connectivity index (χ0) is 19.1. The highest BCUT2D eigenvalue weighted by Gasteiger charge is 2.09. The second kappa shape index (κ2) is 9.04. The molecule has 0 heterocycles. The molecule has 0 radical (unpaired) electrons. The van der Waals surface area contributed by atoms with Crippen molar-refractivity contribution in [2.75, 3.05) is 10.6 Å². The molecule has 0 aliphatic carbocycles. The maximum Gasteiger partial charge on any atom is 0.255 e. The molecule has 26 heavy (non-hydrogen) atoms. The summed E-state index contributed by atoms with van der Waals surface area (Å²) >= 11 is 0. The second-order valence-corrected chi connectivity index (χ2v) is 6.54. The highest BCUT2D eigenvalue weighted by Crippen LogP contribution is 2.18. The van der Waals surface area contributed by atoms with Gasteiger partial charge in [0, 0.05) is 22.9 Å². The SMILES string of the molecule is CCC(C)Oc1ccc(C(=O)Nc2ccc(NC(=O)C(C)C)cc2)cc1. The Balaban J connectivity index is 1.95. The van der Waals surface area contributed by atoms with Crippen molar-refractivity contribution in [1.29, 1.82) is 0 Å². The molecule has 0 spiro atoms. The fraction of sp³-hybridized carbons (Fsp3) is 0.333. The predicted molar refractivity (Wildman–Crippen MR) is 105 cm³/mol. The minimum atomic E-state index is -0.195. The van der Waals surface area contributed by atoms with Gasteiger partial charge in [0.25, 0.3) is 5.91 Å². The highest BCUT2D eigenvalue weighted by molar-refractivity contribution is 6.04. The number of carbonyl (C=O) groups excluding carboxylic acids is 2. The zero-order valence-corrected chi connectivity index (χ0v) is 15.7. The van der Waals surface area contributed by atoms with Gasteiger partial charge in [-0.05, 0) is 61.9 Å². The molecule has 0 fully saturated rings. The first-order chi connectivity index (χ1) is 12.4. The molecule has 1 atom stereocenters. The van der Waals surface area contributed by atoms with Crippen LogP contribution in [0.15, 0.2) is 48.5 Å². The Bertz CT molecular complexity index is 737. The van der Waals surface area contributed by atoms with Gasteiger partial charge in [-0.25, -0.2) is 0 Å². The van der Waals surface area contributed by atoms with Crippen LogP contribution in [0, 0.1) is 5.92 Å². The van der Waals surface area contributed by atoms with Gasteiger partial charge in [-0.3, -0.25) is 9.59 Å². The summed E-state index contributed by atoms with van der Waals surface area (Å²) in [6.07, 6.45) is 1.07. The number of anilines is 2.